The smallest absolute Gasteiger partial charge is 0.203 e. The molecule has 2 rings (SSSR count). The highest BCUT2D eigenvalue weighted by Gasteiger charge is 2.05. The zero-order chi connectivity index (χ0) is 13.0. The normalized spacial score (nSPS) is 11.3. The number of nitrogens with zero attached hydrogens (tertiary/aromatic N) is 2. The first-order chi connectivity index (χ1) is 8.68. The lowest BCUT2D eigenvalue weighted by Crippen LogP contribution is -2.14. The highest BCUT2D eigenvalue weighted by molar-refractivity contribution is 5.78. The van der Waals surface area contributed by atoms with Crippen LogP contribution in [0.15, 0.2) is 24.3 Å². The maximum atomic E-state index is 5.53. The lowest BCUT2D eigenvalue weighted by Gasteiger charge is -2.08. The minimum atomic E-state index is 0.584. The molecule has 0 bridgehead atoms. The molecule has 1 N–H and O–H groups in total. The summed E-state index contributed by atoms with van der Waals surface area (Å²) in [7, 11) is 2.02. The standard InChI is InChI=1S/C14H21N3O/c1-11(2)10-18-9-8-15-14-16-12-6-4-5-7-13(12)17(14)3/h4-7,11H,8-10H2,1-3H3,(H,15,16). The molecule has 0 amide bonds. The average Bonchev–Trinajstić information content (AvgIpc) is 2.66. The second kappa shape index (κ2) is 5.87. The number of anilines is 1. The van der Waals surface area contributed by atoms with Crippen LogP contribution in [-0.2, 0) is 11.8 Å². The van der Waals surface area contributed by atoms with Crippen molar-refractivity contribution in [1.82, 2.24) is 9.55 Å². The van der Waals surface area contributed by atoms with E-state index in [-0.39, 0.29) is 0 Å². The lowest BCUT2D eigenvalue weighted by atomic mass is 10.2. The minimum absolute atomic E-state index is 0.584. The SMILES string of the molecule is CC(C)COCCNc1nc2ccccc2n1C. The summed E-state index contributed by atoms with van der Waals surface area (Å²) >= 11 is 0. The Bertz CT molecular complexity index is 505. The average molecular weight is 247 g/mol. The summed E-state index contributed by atoms with van der Waals surface area (Å²) in [5.74, 6) is 1.48. The van der Waals surface area contributed by atoms with Crippen molar-refractivity contribution in [3.05, 3.63) is 24.3 Å². The van der Waals surface area contributed by atoms with Crippen molar-refractivity contribution in [2.24, 2.45) is 13.0 Å². The largest absolute Gasteiger partial charge is 0.379 e. The molecule has 4 nitrogen and oxygen atoms in total. The Labute approximate surface area is 108 Å². The molecule has 2 aromatic rings. The number of ether oxygens (including phenoxy) is 1. The van der Waals surface area contributed by atoms with Crippen LogP contribution in [0.25, 0.3) is 11.0 Å². The first-order valence-corrected chi connectivity index (χ1v) is 6.41. The molecule has 1 heterocycles. The molecule has 0 radical (unpaired) electrons. The van der Waals surface area contributed by atoms with Crippen LogP contribution in [0, 0.1) is 5.92 Å². The van der Waals surface area contributed by atoms with Crippen LogP contribution < -0.4 is 5.32 Å². The van der Waals surface area contributed by atoms with Gasteiger partial charge < -0.3 is 14.6 Å². The van der Waals surface area contributed by atoms with Crippen LogP contribution in [0.4, 0.5) is 5.95 Å². The minimum Gasteiger partial charge on any atom is -0.379 e. The van der Waals surface area contributed by atoms with Gasteiger partial charge in [0.2, 0.25) is 5.95 Å². The third-order valence-electron chi connectivity index (χ3n) is 2.77. The van der Waals surface area contributed by atoms with Crippen molar-refractivity contribution in [3.63, 3.8) is 0 Å². The Morgan fingerprint density at radius 2 is 2.11 bits per heavy atom. The van der Waals surface area contributed by atoms with Gasteiger partial charge in [0.25, 0.3) is 0 Å². The number of aromatic nitrogens is 2. The summed E-state index contributed by atoms with van der Waals surface area (Å²) in [5, 5.41) is 3.30. The number of hydrogen-bond donors (Lipinski definition) is 1. The summed E-state index contributed by atoms with van der Waals surface area (Å²) in [6.45, 7) is 6.60. The van der Waals surface area contributed by atoms with Gasteiger partial charge in [0.1, 0.15) is 0 Å². The van der Waals surface area contributed by atoms with E-state index in [4.69, 9.17) is 4.74 Å². The monoisotopic (exact) mass is 247 g/mol. The van der Waals surface area contributed by atoms with Gasteiger partial charge in [0, 0.05) is 20.2 Å². The van der Waals surface area contributed by atoms with Gasteiger partial charge in [-0.25, -0.2) is 4.98 Å². The zero-order valence-electron chi connectivity index (χ0n) is 11.3. The van der Waals surface area contributed by atoms with E-state index in [1.54, 1.807) is 0 Å². The Kier molecular flexibility index (Phi) is 4.20. The third kappa shape index (κ3) is 3.01. The second-order valence-corrected chi connectivity index (χ2v) is 4.88. The molecular weight excluding hydrogens is 226 g/mol. The number of fused-ring (bicyclic) bond motifs is 1. The van der Waals surface area contributed by atoms with Crippen molar-refractivity contribution < 1.29 is 4.74 Å². The number of nitrogens with one attached hydrogen (secondary N) is 1. The molecule has 0 fully saturated rings. The van der Waals surface area contributed by atoms with Crippen LogP contribution in [0.3, 0.4) is 0 Å². The summed E-state index contributed by atoms with van der Waals surface area (Å²) in [6.07, 6.45) is 0. The van der Waals surface area contributed by atoms with Gasteiger partial charge in [-0.1, -0.05) is 26.0 Å². The van der Waals surface area contributed by atoms with Crippen LogP contribution in [-0.4, -0.2) is 29.3 Å². The van der Waals surface area contributed by atoms with E-state index in [9.17, 15) is 0 Å². The van der Waals surface area contributed by atoms with E-state index in [1.165, 1.54) is 0 Å². The lowest BCUT2D eigenvalue weighted by molar-refractivity contribution is 0.118. The first kappa shape index (κ1) is 12.9. The van der Waals surface area contributed by atoms with Gasteiger partial charge in [-0.2, -0.15) is 0 Å². The van der Waals surface area contributed by atoms with E-state index in [2.05, 4.69) is 34.8 Å². The fraction of sp³-hybridized carbons (Fsp3) is 0.500. The number of hydrogen-bond acceptors (Lipinski definition) is 3. The molecule has 0 saturated carbocycles. The molecule has 0 aliphatic rings. The highest BCUT2D eigenvalue weighted by Crippen LogP contribution is 2.17. The fourth-order valence-corrected chi connectivity index (χ4v) is 1.86. The summed E-state index contributed by atoms with van der Waals surface area (Å²) < 4.78 is 7.60. The van der Waals surface area contributed by atoms with Gasteiger partial charge >= 0.3 is 0 Å². The number of rotatable bonds is 6. The maximum Gasteiger partial charge on any atom is 0.203 e. The predicted octanol–water partition coefficient (Wildman–Crippen LogP) is 2.66. The number of para-hydroxylation sites is 2. The summed E-state index contributed by atoms with van der Waals surface area (Å²) in [4.78, 5) is 4.54. The third-order valence-corrected chi connectivity index (χ3v) is 2.77. The molecule has 0 spiro atoms. The van der Waals surface area contributed by atoms with Crippen molar-refractivity contribution in [3.8, 4) is 0 Å². The van der Waals surface area contributed by atoms with Gasteiger partial charge in [-0.3, -0.25) is 0 Å². The Hall–Kier alpha value is -1.55. The van der Waals surface area contributed by atoms with E-state index in [0.29, 0.717) is 12.5 Å². The van der Waals surface area contributed by atoms with E-state index < -0.39 is 0 Å². The topological polar surface area (TPSA) is 39.1 Å². The summed E-state index contributed by atoms with van der Waals surface area (Å²) in [6, 6.07) is 8.13. The van der Waals surface area contributed by atoms with Crippen molar-refractivity contribution in [2.45, 2.75) is 13.8 Å². The molecule has 1 aromatic carbocycles. The van der Waals surface area contributed by atoms with Crippen molar-refractivity contribution in [2.75, 3.05) is 25.1 Å². The second-order valence-electron chi connectivity index (χ2n) is 4.88. The molecule has 4 heteroatoms. The molecule has 0 aliphatic carbocycles. The van der Waals surface area contributed by atoms with Gasteiger partial charge in [0.15, 0.2) is 0 Å². The van der Waals surface area contributed by atoms with Gasteiger partial charge in [-0.05, 0) is 18.1 Å². The Balaban J connectivity index is 1.90. The van der Waals surface area contributed by atoms with E-state index in [1.807, 2.05) is 25.2 Å². The quantitative estimate of drug-likeness (QED) is 0.798. The van der Waals surface area contributed by atoms with Gasteiger partial charge in [0.05, 0.1) is 17.6 Å². The molecule has 0 unspecified atom stereocenters. The van der Waals surface area contributed by atoms with Crippen molar-refractivity contribution in [1.29, 1.82) is 0 Å². The number of aryl methyl sites for hydroxylation is 1. The van der Waals surface area contributed by atoms with Crippen LogP contribution in [0.2, 0.25) is 0 Å². The van der Waals surface area contributed by atoms with Crippen LogP contribution in [0.5, 0.6) is 0 Å². The van der Waals surface area contributed by atoms with Crippen LogP contribution >= 0.6 is 0 Å². The van der Waals surface area contributed by atoms with Crippen molar-refractivity contribution >= 4 is 17.0 Å². The number of benzene rings is 1. The molecule has 0 aliphatic heterocycles. The maximum absolute atomic E-state index is 5.53. The molecule has 0 saturated heterocycles. The number of imidazole rings is 1. The molecule has 18 heavy (non-hydrogen) atoms. The Morgan fingerprint density at radius 3 is 2.83 bits per heavy atom. The molecule has 1 aromatic heterocycles. The Morgan fingerprint density at radius 1 is 1.33 bits per heavy atom. The van der Waals surface area contributed by atoms with Crippen LogP contribution in [0.1, 0.15) is 13.8 Å². The molecular formula is C14H21N3O. The fourth-order valence-electron chi connectivity index (χ4n) is 1.86. The summed E-state index contributed by atoms with van der Waals surface area (Å²) in [5.41, 5.74) is 2.16. The molecule has 98 valence electrons. The zero-order valence-corrected chi connectivity index (χ0v) is 11.3. The highest BCUT2D eigenvalue weighted by atomic mass is 16.5. The van der Waals surface area contributed by atoms with E-state index >= 15 is 0 Å². The predicted molar refractivity (Wildman–Crippen MR) is 74.9 cm³/mol. The van der Waals surface area contributed by atoms with Gasteiger partial charge in [-0.15, -0.1) is 0 Å². The van der Waals surface area contributed by atoms with E-state index in [0.717, 1.165) is 30.1 Å². The first-order valence-electron chi connectivity index (χ1n) is 6.41. The molecule has 0 atom stereocenters.